The van der Waals surface area contributed by atoms with E-state index in [-0.39, 0.29) is 30.6 Å². The van der Waals surface area contributed by atoms with Gasteiger partial charge < -0.3 is 10.5 Å². The third-order valence-electron chi connectivity index (χ3n) is 2.50. The molecular formula is C13H15Cl2FN2O. The van der Waals surface area contributed by atoms with Crippen molar-refractivity contribution < 1.29 is 9.13 Å². The smallest absolute Gasteiger partial charge is 0.126 e. The van der Waals surface area contributed by atoms with Crippen LogP contribution in [0.5, 0.6) is 5.75 Å². The molecule has 0 aliphatic heterocycles. The van der Waals surface area contributed by atoms with Crippen molar-refractivity contribution in [2.45, 2.75) is 6.54 Å². The van der Waals surface area contributed by atoms with E-state index >= 15 is 0 Å². The molecule has 1 heterocycles. The molecule has 0 saturated heterocycles. The van der Waals surface area contributed by atoms with E-state index in [2.05, 4.69) is 4.98 Å². The first kappa shape index (κ1) is 17.6. The van der Waals surface area contributed by atoms with Crippen LogP contribution in [0.2, 0.25) is 0 Å². The molecule has 1 aromatic carbocycles. The Morgan fingerprint density at radius 2 is 1.95 bits per heavy atom. The summed E-state index contributed by atoms with van der Waals surface area (Å²) >= 11 is 0. The SMILES string of the molecule is COc1ccc(F)cc1-c1cncc(CN)c1.Cl.Cl. The zero-order chi connectivity index (χ0) is 12.3. The number of benzene rings is 1. The molecule has 0 aliphatic rings. The lowest BCUT2D eigenvalue weighted by Crippen LogP contribution is -1.97. The van der Waals surface area contributed by atoms with Crippen molar-refractivity contribution in [1.29, 1.82) is 0 Å². The van der Waals surface area contributed by atoms with Crippen LogP contribution >= 0.6 is 24.8 Å². The van der Waals surface area contributed by atoms with Gasteiger partial charge in [0.2, 0.25) is 0 Å². The van der Waals surface area contributed by atoms with Gasteiger partial charge in [-0.2, -0.15) is 0 Å². The molecule has 2 aromatic rings. The maximum Gasteiger partial charge on any atom is 0.126 e. The molecule has 104 valence electrons. The zero-order valence-electron chi connectivity index (χ0n) is 10.3. The summed E-state index contributed by atoms with van der Waals surface area (Å²) in [6, 6.07) is 6.27. The van der Waals surface area contributed by atoms with Crippen LogP contribution in [0.1, 0.15) is 5.56 Å². The standard InChI is InChI=1S/C13H13FN2O.2ClH/c1-17-13-3-2-11(14)5-12(13)10-4-9(6-15)7-16-8-10;;/h2-5,7-8H,6,15H2,1H3;2*1H. The number of hydrogen-bond donors (Lipinski definition) is 1. The molecule has 19 heavy (non-hydrogen) atoms. The van der Waals surface area contributed by atoms with Gasteiger partial charge in [0.1, 0.15) is 11.6 Å². The van der Waals surface area contributed by atoms with Gasteiger partial charge in [-0.15, -0.1) is 24.8 Å². The summed E-state index contributed by atoms with van der Waals surface area (Å²) in [5.41, 5.74) is 7.92. The van der Waals surface area contributed by atoms with E-state index in [1.807, 2.05) is 6.07 Å². The first-order chi connectivity index (χ1) is 8.24. The fourth-order valence-corrected chi connectivity index (χ4v) is 1.65. The molecule has 0 fully saturated rings. The number of hydrogen-bond acceptors (Lipinski definition) is 3. The number of nitrogens with zero attached hydrogens (tertiary/aromatic N) is 1. The summed E-state index contributed by atoms with van der Waals surface area (Å²) in [6.07, 6.45) is 3.35. The Morgan fingerprint density at radius 3 is 2.58 bits per heavy atom. The minimum Gasteiger partial charge on any atom is -0.496 e. The number of ether oxygens (including phenoxy) is 1. The number of methoxy groups -OCH3 is 1. The normalized spacial score (nSPS) is 9.21. The lowest BCUT2D eigenvalue weighted by atomic mass is 10.0. The Hall–Kier alpha value is -1.36. The molecule has 1 aromatic heterocycles. The fourth-order valence-electron chi connectivity index (χ4n) is 1.65. The van der Waals surface area contributed by atoms with Crippen LogP contribution in [0.25, 0.3) is 11.1 Å². The van der Waals surface area contributed by atoms with Gasteiger partial charge in [-0.3, -0.25) is 4.98 Å². The maximum absolute atomic E-state index is 13.3. The molecular weight excluding hydrogens is 290 g/mol. The third kappa shape index (κ3) is 4.06. The van der Waals surface area contributed by atoms with Crippen molar-refractivity contribution in [2.24, 2.45) is 5.73 Å². The van der Waals surface area contributed by atoms with Crippen LogP contribution in [-0.2, 0) is 6.54 Å². The van der Waals surface area contributed by atoms with E-state index in [9.17, 15) is 4.39 Å². The van der Waals surface area contributed by atoms with Crippen LogP contribution in [0.3, 0.4) is 0 Å². The first-order valence-corrected chi connectivity index (χ1v) is 5.22. The van der Waals surface area contributed by atoms with Crippen LogP contribution in [-0.4, -0.2) is 12.1 Å². The molecule has 0 amide bonds. The second kappa shape index (κ2) is 7.94. The van der Waals surface area contributed by atoms with Gasteiger partial charge in [0.25, 0.3) is 0 Å². The lowest BCUT2D eigenvalue weighted by molar-refractivity contribution is 0.415. The van der Waals surface area contributed by atoms with E-state index in [0.717, 1.165) is 11.1 Å². The third-order valence-corrected chi connectivity index (χ3v) is 2.50. The topological polar surface area (TPSA) is 48.1 Å². The largest absolute Gasteiger partial charge is 0.496 e. The Kier molecular flexibility index (Phi) is 7.37. The highest BCUT2D eigenvalue weighted by atomic mass is 35.5. The van der Waals surface area contributed by atoms with Crippen molar-refractivity contribution in [3.63, 3.8) is 0 Å². The molecule has 0 unspecified atom stereocenters. The Bertz CT molecular complexity index is 538. The average molecular weight is 305 g/mol. The number of aromatic nitrogens is 1. The summed E-state index contributed by atoms with van der Waals surface area (Å²) in [7, 11) is 1.55. The summed E-state index contributed by atoms with van der Waals surface area (Å²) in [5.74, 6) is 0.307. The molecule has 2 rings (SSSR count). The lowest BCUT2D eigenvalue weighted by Gasteiger charge is -2.09. The number of pyridine rings is 1. The summed E-state index contributed by atoms with van der Waals surface area (Å²) in [5, 5.41) is 0. The molecule has 0 saturated carbocycles. The monoisotopic (exact) mass is 304 g/mol. The van der Waals surface area contributed by atoms with E-state index in [1.54, 1.807) is 25.6 Å². The highest BCUT2D eigenvalue weighted by Crippen LogP contribution is 2.30. The zero-order valence-corrected chi connectivity index (χ0v) is 11.9. The predicted octanol–water partition coefficient (Wildman–Crippen LogP) is 3.20. The molecule has 6 heteroatoms. The Balaban J connectivity index is 0.00000162. The van der Waals surface area contributed by atoms with Gasteiger partial charge in [0, 0.05) is 30.1 Å². The van der Waals surface area contributed by atoms with Crippen molar-refractivity contribution in [2.75, 3.05) is 7.11 Å². The maximum atomic E-state index is 13.3. The van der Waals surface area contributed by atoms with Crippen LogP contribution in [0.15, 0.2) is 36.7 Å². The molecule has 2 N–H and O–H groups in total. The molecule has 3 nitrogen and oxygen atoms in total. The van der Waals surface area contributed by atoms with E-state index in [4.69, 9.17) is 10.5 Å². The molecule has 0 spiro atoms. The van der Waals surface area contributed by atoms with Crippen molar-refractivity contribution in [3.05, 3.63) is 48.0 Å². The van der Waals surface area contributed by atoms with E-state index in [1.165, 1.54) is 12.1 Å². The minimum atomic E-state index is -0.307. The molecule has 0 aliphatic carbocycles. The predicted molar refractivity (Wildman–Crippen MR) is 78.6 cm³/mol. The summed E-state index contributed by atoms with van der Waals surface area (Å²) in [6.45, 7) is 0.401. The highest BCUT2D eigenvalue weighted by Gasteiger charge is 2.08. The second-order valence-corrected chi connectivity index (χ2v) is 3.63. The van der Waals surface area contributed by atoms with Crippen molar-refractivity contribution in [3.8, 4) is 16.9 Å². The quantitative estimate of drug-likeness (QED) is 0.947. The first-order valence-electron chi connectivity index (χ1n) is 5.22. The molecule has 0 bridgehead atoms. The number of rotatable bonds is 3. The number of nitrogens with two attached hydrogens (primary N) is 1. The Morgan fingerprint density at radius 1 is 1.21 bits per heavy atom. The van der Waals surface area contributed by atoms with Gasteiger partial charge in [-0.05, 0) is 29.8 Å². The second-order valence-electron chi connectivity index (χ2n) is 3.63. The van der Waals surface area contributed by atoms with Gasteiger partial charge in [0.05, 0.1) is 7.11 Å². The van der Waals surface area contributed by atoms with E-state index in [0.29, 0.717) is 17.9 Å². The van der Waals surface area contributed by atoms with Crippen LogP contribution in [0, 0.1) is 5.82 Å². The minimum absolute atomic E-state index is 0. The highest BCUT2D eigenvalue weighted by molar-refractivity contribution is 5.85. The molecule has 0 radical (unpaired) electrons. The van der Waals surface area contributed by atoms with Crippen LogP contribution in [0.4, 0.5) is 4.39 Å². The van der Waals surface area contributed by atoms with Gasteiger partial charge >= 0.3 is 0 Å². The van der Waals surface area contributed by atoms with Crippen molar-refractivity contribution >= 4 is 24.8 Å². The Labute approximate surface area is 123 Å². The molecule has 0 atom stereocenters. The summed E-state index contributed by atoms with van der Waals surface area (Å²) in [4.78, 5) is 4.08. The van der Waals surface area contributed by atoms with Crippen molar-refractivity contribution in [1.82, 2.24) is 4.98 Å². The van der Waals surface area contributed by atoms with E-state index < -0.39 is 0 Å². The summed E-state index contributed by atoms with van der Waals surface area (Å²) < 4.78 is 18.5. The van der Waals surface area contributed by atoms with Crippen LogP contribution < -0.4 is 10.5 Å². The number of halogens is 3. The van der Waals surface area contributed by atoms with Gasteiger partial charge in [0.15, 0.2) is 0 Å². The fraction of sp³-hybridized carbons (Fsp3) is 0.154. The average Bonchev–Trinajstić information content (AvgIpc) is 2.39. The van der Waals surface area contributed by atoms with Gasteiger partial charge in [-0.25, -0.2) is 4.39 Å². The van der Waals surface area contributed by atoms with Gasteiger partial charge in [-0.1, -0.05) is 0 Å².